The van der Waals surface area contributed by atoms with Gasteiger partial charge in [0.25, 0.3) is 0 Å². The van der Waals surface area contributed by atoms with Crippen molar-refractivity contribution in [2.24, 2.45) is 7.05 Å². The summed E-state index contributed by atoms with van der Waals surface area (Å²) in [7, 11) is 1.85. The Morgan fingerprint density at radius 1 is 1.24 bits per heavy atom. The number of carbonyl (C=O) groups excluding carboxylic acids is 1. The maximum atomic E-state index is 12.3. The van der Waals surface area contributed by atoms with E-state index >= 15 is 0 Å². The van der Waals surface area contributed by atoms with Crippen molar-refractivity contribution in [1.82, 2.24) is 19.6 Å². The van der Waals surface area contributed by atoms with E-state index in [1.807, 2.05) is 42.4 Å². The fourth-order valence-electron chi connectivity index (χ4n) is 2.87. The number of nitrogens with zero attached hydrogens (tertiary/aromatic N) is 5. The first kappa shape index (κ1) is 16.9. The highest BCUT2D eigenvalue weighted by Crippen LogP contribution is 2.10. The molecule has 0 aliphatic carbocycles. The van der Waals surface area contributed by atoms with Crippen molar-refractivity contribution in [3.63, 3.8) is 0 Å². The van der Waals surface area contributed by atoms with E-state index in [2.05, 4.69) is 16.1 Å². The fraction of sp³-hybridized carbons (Fsp3) is 0.316. The van der Waals surface area contributed by atoms with E-state index in [4.69, 9.17) is 5.26 Å². The molecule has 1 aliphatic heterocycles. The van der Waals surface area contributed by atoms with Gasteiger partial charge in [-0.1, -0.05) is 12.1 Å². The van der Waals surface area contributed by atoms with Gasteiger partial charge in [-0.2, -0.15) is 10.4 Å². The SMILES string of the molecule is Cn1cc(/C=C/C(=O)N2CCN(Cc3ccc(C#N)cc3)CC2)cn1. The maximum Gasteiger partial charge on any atom is 0.246 e. The molecule has 0 saturated carbocycles. The summed E-state index contributed by atoms with van der Waals surface area (Å²) >= 11 is 0. The van der Waals surface area contributed by atoms with Gasteiger partial charge in [0.2, 0.25) is 5.91 Å². The Balaban J connectivity index is 1.48. The predicted octanol–water partition coefficient (Wildman–Crippen LogP) is 1.65. The summed E-state index contributed by atoms with van der Waals surface area (Å²) < 4.78 is 1.71. The number of carbonyl (C=O) groups is 1. The number of nitriles is 1. The molecule has 1 aromatic carbocycles. The third-order valence-electron chi connectivity index (χ3n) is 4.32. The van der Waals surface area contributed by atoms with Crippen LogP contribution in [0.1, 0.15) is 16.7 Å². The Morgan fingerprint density at radius 3 is 2.56 bits per heavy atom. The van der Waals surface area contributed by atoms with E-state index in [0.717, 1.165) is 38.3 Å². The Hall–Kier alpha value is -2.91. The van der Waals surface area contributed by atoms with Crippen LogP contribution in [0.4, 0.5) is 0 Å². The largest absolute Gasteiger partial charge is 0.337 e. The number of hydrogen-bond acceptors (Lipinski definition) is 4. The van der Waals surface area contributed by atoms with E-state index < -0.39 is 0 Å². The topological polar surface area (TPSA) is 65.2 Å². The molecule has 1 amide bonds. The lowest BCUT2D eigenvalue weighted by molar-refractivity contribution is -0.127. The molecule has 0 radical (unpaired) electrons. The van der Waals surface area contributed by atoms with Gasteiger partial charge >= 0.3 is 0 Å². The number of amides is 1. The summed E-state index contributed by atoms with van der Waals surface area (Å²) in [6.07, 6.45) is 7.03. The predicted molar refractivity (Wildman–Crippen MR) is 95.3 cm³/mol. The first-order valence-corrected chi connectivity index (χ1v) is 8.31. The van der Waals surface area contributed by atoms with Crippen LogP contribution in [0.2, 0.25) is 0 Å². The normalized spacial score (nSPS) is 15.4. The van der Waals surface area contributed by atoms with E-state index in [1.54, 1.807) is 23.0 Å². The molecule has 0 bridgehead atoms. The van der Waals surface area contributed by atoms with Gasteiger partial charge in [-0.15, -0.1) is 0 Å². The van der Waals surface area contributed by atoms with E-state index in [-0.39, 0.29) is 5.91 Å². The average molecular weight is 335 g/mol. The second-order valence-corrected chi connectivity index (χ2v) is 6.19. The molecule has 1 aromatic heterocycles. The van der Waals surface area contributed by atoms with Gasteiger partial charge in [0.15, 0.2) is 0 Å². The minimum absolute atomic E-state index is 0.0434. The van der Waals surface area contributed by atoms with Crippen molar-refractivity contribution in [3.05, 3.63) is 59.4 Å². The molecule has 0 spiro atoms. The van der Waals surface area contributed by atoms with Crippen LogP contribution >= 0.6 is 0 Å². The average Bonchev–Trinajstić information content (AvgIpc) is 3.06. The lowest BCUT2D eigenvalue weighted by Gasteiger charge is -2.34. The van der Waals surface area contributed by atoms with Gasteiger partial charge in [0.1, 0.15) is 0 Å². The molecule has 6 nitrogen and oxygen atoms in total. The third kappa shape index (κ3) is 4.55. The standard InChI is InChI=1S/C19H21N5O/c1-22-14-18(13-21-22)6-7-19(25)24-10-8-23(9-11-24)15-17-4-2-16(12-20)3-5-17/h2-7,13-14H,8-11,15H2,1H3/b7-6+. The summed E-state index contributed by atoms with van der Waals surface area (Å²) in [6, 6.07) is 9.81. The monoisotopic (exact) mass is 335 g/mol. The lowest BCUT2D eigenvalue weighted by atomic mass is 10.1. The molecule has 128 valence electrons. The van der Waals surface area contributed by atoms with Crippen molar-refractivity contribution in [3.8, 4) is 6.07 Å². The number of benzene rings is 1. The fourth-order valence-corrected chi connectivity index (χ4v) is 2.87. The van der Waals surface area contributed by atoms with Crippen molar-refractivity contribution >= 4 is 12.0 Å². The van der Waals surface area contributed by atoms with Crippen molar-refractivity contribution in [2.75, 3.05) is 26.2 Å². The molecule has 25 heavy (non-hydrogen) atoms. The zero-order chi connectivity index (χ0) is 17.6. The number of piperazine rings is 1. The number of hydrogen-bond donors (Lipinski definition) is 0. The smallest absolute Gasteiger partial charge is 0.246 e. The Labute approximate surface area is 147 Å². The van der Waals surface area contributed by atoms with Gasteiger partial charge in [-0.05, 0) is 23.8 Å². The summed E-state index contributed by atoms with van der Waals surface area (Å²) in [4.78, 5) is 16.5. The highest BCUT2D eigenvalue weighted by Gasteiger charge is 2.19. The number of aromatic nitrogens is 2. The Morgan fingerprint density at radius 2 is 1.96 bits per heavy atom. The quantitative estimate of drug-likeness (QED) is 0.797. The van der Waals surface area contributed by atoms with E-state index in [9.17, 15) is 4.79 Å². The molecule has 6 heteroatoms. The minimum atomic E-state index is 0.0434. The molecular formula is C19H21N5O. The highest BCUT2D eigenvalue weighted by atomic mass is 16.2. The first-order chi connectivity index (χ1) is 12.1. The molecule has 2 aromatic rings. The zero-order valence-electron chi connectivity index (χ0n) is 14.3. The minimum Gasteiger partial charge on any atom is -0.337 e. The van der Waals surface area contributed by atoms with Crippen LogP contribution in [0.3, 0.4) is 0 Å². The van der Waals surface area contributed by atoms with Crippen LogP contribution in [0.15, 0.2) is 42.7 Å². The van der Waals surface area contributed by atoms with Crippen LogP contribution in [0.5, 0.6) is 0 Å². The summed E-state index contributed by atoms with van der Waals surface area (Å²) in [5, 5.41) is 12.9. The molecule has 1 fully saturated rings. The molecule has 1 saturated heterocycles. The molecule has 1 aliphatic rings. The zero-order valence-corrected chi connectivity index (χ0v) is 14.3. The molecule has 0 unspecified atom stereocenters. The van der Waals surface area contributed by atoms with Gasteiger partial charge < -0.3 is 4.90 Å². The highest BCUT2D eigenvalue weighted by molar-refractivity contribution is 5.91. The summed E-state index contributed by atoms with van der Waals surface area (Å²) in [6.45, 7) is 4.01. The third-order valence-corrected chi connectivity index (χ3v) is 4.32. The second kappa shape index (κ2) is 7.77. The number of aryl methyl sites for hydroxylation is 1. The maximum absolute atomic E-state index is 12.3. The van der Waals surface area contributed by atoms with Crippen molar-refractivity contribution in [2.45, 2.75) is 6.54 Å². The van der Waals surface area contributed by atoms with Crippen LogP contribution < -0.4 is 0 Å². The van der Waals surface area contributed by atoms with Crippen molar-refractivity contribution < 1.29 is 4.79 Å². The van der Waals surface area contributed by atoms with Crippen molar-refractivity contribution in [1.29, 1.82) is 5.26 Å². The van der Waals surface area contributed by atoms with Gasteiger partial charge in [-0.3, -0.25) is 14.4 Å². The molecule has 2 heterocycles. The molecule has 0 atom stereocenters. The van der Waals surface area contributed by atoms with Crippen LogP contribution in [-0.2, 0) is 18.4 Å². The van der Waals surface area contributed by atoms with Gasteiger partial charge in [0.05, 0.1) is 17.8 Å². The van der Waals surface area contributed by atoms with E-state index in [0.29, 0.717) is 5.56 Å². The van der Waals surface area contributed by atoms with Crippen LogP contribution in [0, 0.1) is 11.3 Å². The molecule has 0 N–H and O–H groups in total. The summed E-state index contributed by atoms with van der Waals surface area (Å²) in [5.74, 6) is 0.0434. The van der Waals surface area contributed by atoms with Gasteiger partial charge in [0, 0.05) is 57.6 Å². The van der Waals surface area contributed by atoms with Gasteiger partial charge in [-0.25, -0.2) is 0 Å². The Kier molecular flexibility index (Phi) is 5.26. The van der Waals surface area contributed by atoms with Crippen LogP contribution in [0.25, 0.3) is 6.08 Å². The molecular weight excluding hydrogens is 314 g/mol. The second-order valence-electron chi connectivity index (χ2n) is 6.19. The lowest BCUT2D eigenvalue weighted by Crippen LogP contribution is -2.47. The first-order valence-electron chi connectivity index (χ1n) is 8.31. The summed E-state index contributed by atoms with van der Waals surface area (Å²) in [5.41, 5.74) is 2.80. The van der Waals surface area contributed by atoms with E-state index in [1.165, 1.54) is 5.56 Å². The Bertz CT molecular complexity index is 792. The van der Waals surface area contributed by atoms with Crippen LogP contribution in [-0.4, -0.2) is 51.7 Å². The number of rotatable bonds is 4. The molecule has 3 rings (SSSR count).